The number of ether oxygens (including phenoxy) is 1. The van der Waals surface area contributed by atoms with Gasteiger partial charge in [0, 0.05) is 17.2 Å². The predicted molar refractivity (Wildman–Crippen MR) is 94.8 cm³/mol. The van der Waals surface area contributed by atoms with Gasteiger partial charge < -0.3 is 4.74 Å². The van der Waals surface area contributed by atoms with Gasteiger partial charge in [0.25, 0.3) is 11.6 Å². The van der Waals surface area contributed by atoms with Crippen molar-refractivity contribution in [3.05, 3.63) is 75.8 Å². The Balaban J connectivity index is 1.89. The number of hydrogen-bond donors (Lipinski definition) is 2. The number of para-hydroxylation sites is 1. The Morgan fingerprint density at radius 2 is 1.88 bits per heavy atom. The summed E-state index contributed by atoms with van der Waals surface area (Å²) >= 11 is 0. The van der Waals surface area contributed by atoms with Gasteiger partial charge in [0.2, 0.25) is 0 Å². The molecule has 0 heterocycles. The third-order valence-corrected chi connectivity index (χ3v) is 3.56. The Labute approximate surface area is 145 Å². The molecule has 7 heteroatoms. The van der Waals surface area contributed by atoms with Crippen LogP contribution in [0, 0.1) is 24.0 Å². The number of carbonyl (C=O) groups is 1. The van der Waals surface area contributed by atoms with Gasteiger partial charge in [-0.15, -0.1) is 0 Å². The quantitative estimate of drug-likeness (QED) is 0.596. The number of hydrazine groups is 1. The van der Waals surface area contributed by atoms with Gasteiger partial charge in [-0.2, -0.15) is 0 Å². The van der Waals surface area contributed by atoms with Crippen LogP contribution in [0.25, 0.3) is 5.70 Å². The number of aryl methyl sites for hydroxylation is 2. The number of benzene rings is 2. The van der Waals surface area contributed by atoms with Crippen LogP contribution in [0.4, 0.5) is 5.69 Å². The summed E-state index contributed by atoms with van der Waals surface area (Å²) in [7, 11) is 0. The zero-order chi connectivity index (χ0) is 18.4. The molecular formula is C18H19N3O4. The van der Waals surface area contributed by atoms with Crippen LogP contribution < -0.4 is 15.6 Å². The summed E-state index contributed by atoms with van der Waals surface area (Å²) in [6.07, 6.45) is 0. The molecule has 0 aliphatic carbocycles. The predicted octanol–water partition coefficient (Wildman–Crippen LogP) is 2.88. The van der Waals surface area contributed by atoms with Gasteiger partial charge in [-0.3, -0.25) is 25.8 Å². The van der Waals surface area contributed by atoms with E-state index in [-0.39, 0.29) is 12.3 Å². The van der Waals surface area contributed by atoms with Crippen molar-refractivity contribution in [2.45, 2.75) is 13.8 Å². The van der Waals surface area contributed by atoms with Gasteiger partial charge in [-0.05, 0) is 25.5 Å². The van der Waals surface area contributed by atoms with E-state index in [1.54, 1.807) is 25.1 Å². The van der Waals surface area contributed by atoms with Gasteiger partial charge in [0.1, 0.15) is 5.75 Å². The van der Waals surface area contributed by atoms with Crippen molar-refractivity contribution in [2.24, 2.45) is 0 Å². The Kier molecular flexibility index (Phi) is 5.73. The first kappa shape index (κ1) is 18.0. The maximum absolute atomic E-state index is 11.8. The molecule has 2 aromatic carbocycles. The van der Waals surface area contributed by atoms with E-state index in [4.69, 9.17) is 4.74 Å². The number of nitro groups is 1. The molecule has 0 bridgehead atoms. The molecule has 0 fully saturated rings. The summed E-state index contributed by atoms with van der Waals surface area (Å²) in [5, 5.41) is 11.0. The zero-order valence-electron chi connectivity index (χ0n) is 14.0. The van der Waals surface area contributed by atoms with E-state index in [0.29, 0.717) is 22.6 Å². The summed E-state index contributed by atoms with van der Waals surface area (Å²) < 4.78 is 5.43. The normalized spacial score (nSPS) is 10.0. The maximum Gasteiger partial charge on any atom is 0.276 e. The average molecular weight is 341 g/mol. The van der Waals surface area contributed by atoms with E-state index in [1.807, 2.05) is 25.1 Å². The number of hydrogen-bond acceptors (Lipinski definition) is 5. The Morgan fingerprint density at radius 1 is 1.16 bits per heavy atom. The molecular weight excluding hydrogens is 322 g/mol. The molecule has 0 atom stereocenters. The van der Waals surface area contributed by atoms with Crippen LogP contribution in [-0.2, 0) is 4.79 Å². The van der Waals surface area contributed by atoms with Crippen LogP contribution in [0.3, 0.4) is 0 Å². The molecule has 1 amide bonds. The van der Waals surface area contributed by atoms with Gasteiger partial charge in [0.15, 0.2) is 6.61 Å². The minimum atomic E-state index is -0.458. The number of nitrogens with zero attached hydrogens (tertiary/aromatic N) is 1. The largest absolute Gasteiger partial charge is 0.483 e. The highest BCUT2D eigenvalue weighted by Gasteiger charge is 2.12. The van der Waals surface area contributed by atoms with Gasteiger partial charge in [-0.25, -0.2) is 0 Å². The minimum absolute atomic E-state index is 0.00494. The van der Waals surface area contributed by atoms with Crippen molar-refractivity contribution in [3.8, 4) is 5.75 Å². The molecule has 25 heavy (non-hydrogen) atoms. The molecule has 2 N–H and O–H groups in total. The third kappa shape index (κ3) is 4.81. The summed E-state index contributed by atoms with van der Waals surface area (Å²) in [6, 6.07) is 12.1. The average Bonchev–Trinajstić information content (AvgIpc) is 2.59. The minimum Gasteiger partial charge on any atom is -0.483 e. The van der Waals surface area contributed by atoms with E-state index < -0.39 is 10.8 Å². The SMILES string of the molecule is C=C(NNC(=O)COc1ccccc1C)c1ccc(C)c([N+](=O)[O-])c1. The monoisotopic (exact) mass is 341 g/mol. The smallest absolute Gasteiger partial charge is 0.276 e. The molecule has 7 nitrogen and oxygen atoms in total. The highest BCUT2D eigenvalue weighted by Crippen LogP contribution is 2.22. The van der Waals surface area contributed by atoms with Gasteiger partial charge >= 0.3 is 0 Å². The van der Waals surface area contributed by atoms with E-state index in [0.717, 1.165) is 5.56 Å². The lowest BCUT2D eigenvalue weighted by Gasteiger charge is -2.13. The highest BCUT2D eigenvalue weighted by molar-refractivity contribution is 5.78. The van der Waals surface area contributed by atoms with Crippen molar-refractivity contribution >= 4 is 17.3 Å². The summed E-state index contributed by atoms with van der Waals surface area (Å²) in [4.78, 5) is 22.4. The Hall–Kier alpha value is -3.35. The Morgan fingerprint density at radius 3 is 2.56 bits per heavy atom. The topological polar surface area (TPSA) is 93.5 Å². The first-order valence-corrected chi connectivity index (χ1v) is 7.56. The fourth-order valence-corrected chi connectivity index (χ4v) is 2.11. The summed E-state index contributed by atoms with van der Waals surface area (Å²) in [5.41, 5.74) is 7.42. The first-order valence-electron chi connectivity index (χ1n) is 7.56. The van der Waals surface area contributed by atoms with Crippen LogP contribution in [0.5, 0.6) is 5.75 Å². The van der Waals surface area contributed by atoms with Crippen molar-refractivity contribution in [1.29, 1.82) is 0 Å². The zero-order valence-corrected chi connectivity index (χ0v) is 14.0. The lowest BCUT2D eigenvalue weighted by molar-refractivity contribution is -0.385. The standard InChI is InChI=1S/C18H19N3O4/c1-12-8-9-15(10-16(12)21(23)24)14(3)19-20-18(22)11-25-17-7-5-4-6-13(17)2/h4-10,19H,3,11H2,1-2H3,(H,20,22). The van der Waals surface area contributed by atoms with E-state index in [9.17, 15) is 14.9 Å². The van der Waals surface area contributed by atoms with E-state index in [2.05, 4.69) is 17.4 Å². The summed E-state index contributed by atoms with van der Waals surface area (Å²) in [6.45, 7) is 7.14. The second-order valence-corrected chi connectivity index (χ2v) is 5.46. The highest BCUT2D eigenvalue weighted by atomic mass is 16.6. The lowest BCUT2D eigenvalue weighted by atomic mass is 10.1. The first-order chi connectivity index (χ1) is 11.9. The number of rotatable bonds is 7. The van der Waals surface area contributed by atoms with Gasteiger partial charge in [-0.1, -0.05) is 36.9 Å². The van der Waals surface area contributed by atoms with Crippen molar-refractivity contribution in [2.75, 3.05) is 6.61 Å². The molecule has 130 valence electrons. The molecule has 0 saturated heterocycles. The molecule has 2 aromatic rings. The van der Waals surface area contributed by atoms with Gasteiger partial charge in [0.05, 0.1) is 10.6 Å². The number of amides is 1. The van der Waals surface area contributed by atoms with E-state index in [1.165, 1.54) is 6.07 Å². The van der Waals surface area contributed by atoms with Crippen LogP contribution >= 0.6 is 0 Å². The van der Waals surface area contributed by atoms with Crippen molar-refractivity contribution in [1.82, 2.24) is 10.9 Å². The summed E-state index contributed by atoms with van der Waals surface area (Å²) in [5.74, 6) is 0.233. The van der Waals surface area contributed by atoms with E-state index >= 15 is 0 Å². The number of nitrogens with one attached hydrogen (secondary N) is 2. The Bertz CT molecular complexity index is 818. The molecule has 0 unspecified atom stereocenters. The molecule has 0 aromatic heterocycles. The molecule has 0 saturated carbocycles. The molecule has 2 rings (SSSR count). The fraction of sp³-hybridized carbons (Fsp3) is 0.167. The molecule has 0 spiro atoms. The molecule has 0 aliphatic heterocycles. The van der Waals surface area contributed by atoms with Crippen molar-refractivity contribution < 1.29 is 14.5 Å². The third-order valence-electron chi connectivity index (χ3n) is 3.56. The van der Waals surface area contributed by atoms with Crippen molar-refractivity contribution in [3.63, 3.8) is 0 Å². The van der Waals surface area contributed by atoms with Crippen LogP contribution in [0.2, 0.25) is 0 Å². The number of nitro benzene ring substituents is 1. The van der Waals surface area contributed by atoms with Crippen LogP contribution in [0.15, 0.2) is 49.0 Å². The number of carbonyl (C=O) groups excluding carboxylic acids is 1. The second-order valence-electron chi connectivity index (χ2n) is 5.46. The van der Waals surface area contributed by atoms with Crippen LogP contribution in [0.1, 0.15) is 16.7 Å². The fourth-order valence-electron chi connectivity index (χ4n) is 2.11. The molecule has 0 aliphatic rings. The maximum atomic E-state index is 11.8. The molecule has 0 radical (unpaired) electrons. The second kappa shape index (κ2) is 7.96. The lowest BCUT2D eigenvalue weighted by Crippen LogP contribution is -2.39. The van der Waals surface area contributed by atoms with Crippen LogP contribution in [-0.4, -0.2) is 17.4 Å².